The van der Waals surface area contributed by atoms with E-state index >= 15 is 0 Å². The fourth-order valence-electron chi connectivity index (χ4n) is 1.59. The molecule has 1 heterocycles. The van der Waals surface area contributed by atoms with Crippen molar-refractivity contribution in [2.45, 2.75) is 45.9 Å². The maximum atomic E-state index is 12.4. The monoisotopic (exact) mass is 273 g/mol. The molecule has 104 valence electrons. The summed E-state index contributed by atoms with van der Waals surface area (Å²) in [5, 5.41) is 16.5. The highest BCUT2D eigenvalue weighted by Gasteiger charge is 2.39. The Labute approximate surface area is 109 Å². The van der Waals surface area contributed by atoms with Gasteiger partial charge in [0.1, 0.15) is 11.6 Å². The standard InChI is InChI=1S/C12H14F3N3O/c1-4-8-9(6-16)11(18-17-10(8)5-2)19-7(3)12(13,14)15/h7H,4-5H2,1-3H3. The SMILES string of the molecule is CCc1nnc(OC(C)C(F)(F)F)c(C#N)c1CC. The van der Waals surface area contributed by atoms with E-state index in [1.165, 1.54) is 0 Å². The minimum absolute atomic E-state index is 0.0328. The Morgan fingerprint density at radius 1 is 1.26 bits per heavy atom. The Hall–Kier alpha value is -1.84. The highest BCUT2D eigenvalue weighted by Crippen LogP contribution is 2.27. The zero-order valence-corrected chi connectivity index (χ0v) is 10.9. The van der Waals surface area contributed by atoms with Gasteiger partial charge in [-0.3, -0.25) is 0 Å². The van der Waals surface area contributed by atoms with Crippen LogP contribution >= 0.6 is 0 Å². The van der Waals surface area contributed by atoms with Gasteiger partial charge in [-0.25, -0.2) is 0 Å². The molecule has 7 heteroatoms. The van der Waals surface area contributed by atoms with Gasteiger partial charge >= 0.3 is 6.18 Å². The summed E-state index contributed by atoms with van der Waals surface area (Å²) in [6.07, 6.45) is -5.51. The average Bonchev–Trinajstić information content (AvgIpc) is 2.36. The van der Waals surface area contributed by atoms with E-state index in [4.69, 9.17) is 10.00 Å². The molecule has 0 N–H and O–H groups in total. The van der Waals surface area contributed by atoms with Crippen LogP contribution in [0.4, 0.5) is 13.2 Å². The zero-order valence-electron chi connectivity index (χ0n) is 10.9. The Morgan fingerprint density at radius 3 is 2.32 bits per heavy atom. The van der Waals surface area contributed by atoms with Gasteiger partial charge in [-0.05, 0) is 25.3 Å². The Morgan fingerprint density at radius 2 is 1.89 bits per heavy atom. The topological polar surface area (TPSA) is 58.8 Å². The van der Waals surface area contributed by atoms with E-state index in [1.54, 1.807) is 6.92 Å². The van der Waals surface area contributed by atoms with Gasteiger partial charge in [0.15, 0.2) is 6.10 Å². The molecule has 0 aliphatic heterocycles. The molecule has 0 saturated heterocycles. The smallest absolute Gasteiger partial charge is 0.425 e. The van der Waals surface area contributed by atoms with E-state index in [9.17, 15) is 13.2 Å². The van der Waals surface area contributed by atoms with Crippen molar-refractivity contribution < 1.29 is 17.9 Å². The number of rotatable bonds is 4. The first-order valence-electron chi connectivity index (χ1n) is 5.86. The predicted molar refractivity (Wildman–Crippen MR) is 61.6 cm³/mol. The van der Waals surface area contributed by atoms with Crippen molar-refractivity contribution in [3.63, 3.8) is 0 Å². The lowest BCUT2D eigenvalue weighted by atomic mass is 10.0. The van der Waals surface area contributed by atoms with E-state index in [0.717, 1.165) is 6.92 Å². The third kappa shape index (κ3) is 3.34. The van der Waals surface area contributed by atoms with Gasteiger partial charge in [0.05, 0.1) is 5.69 Å². The van der Waals surface area contributed by atoms with E-state index in [2.05, 4.69) is 10.2 Å². The largest absolute Gasteiger partial charge is 0.463 e. The quantitative estimate of drug-likeness (QED) is 0.846. The summed E-state index contributed by atoms with van der Waals surface area (Å²) in [4.78, 5) is 0. The van der Waals surface area contributed by atoms with Crippen LogP contribution in [0.1, 0.15) is 37.6 Å². The van der Waals surface area contributed by atoms with E-state index in [1.807, 2.05) is 13.0 Å². The lowest BCUT2D eigenvalue weighted by Gasteiger charge is -2.18. The molecule has 0 aliphatic carbocycles. The maximum Gasteiger partial charge on any atom is 0.425 e. The molecule has 0 aromatic carbocycles. The highest BCUT2D eigenvalue weighted by molar-refractivity contribution is 5.46. The molecular weight excluding hydrogens is 259 g/mol. The molecule has 0 spiro atoms. The van der Waals surface area contributed by atoms with Gasteiger partial charge in [0.25, 0.3) is 5.88 Å². The first-order valence-corrected chi connectivity index (χ1v) is 5.86. The number of hydrogen-bond donors (Lipinski definition) is 0. The van der Waals surface area contributed by atoms with Crippen molar-refractivity contribution in [2.75, 3.05) is 0 Å². The van der Waals surface area contributed by atoms with Crippen molar-refractivity contribution in [1.29, 1.82) is 5.26 Å². The van der Waals surface area contributed by atoms with Gasteiger partial charge in [-0.2, -0.15) is 23.5 Å². The van der Waals surface area contributed by atoms with Crippen molar-refractivity contribution >= 4 is 0 Å². The Bertz CT molecular complexity index is 494. The summed E-state index contributed by atoms with van der Waals surface area (Å²) < 4.78 is 42.0. The number of alkyl halides is 3. The number of nitrogens with zero attached hydrogens (tertiary/aromatic N) is 3. The second kappa shape index (κ2) is 5.87. The molecule has 0 amide bonds. The highest BCUT2D eigenvalue weighted by atomic mass is 19.4. The molecule has 1 aromatic rings. The van der Waals surface area contributed by atoms with E-state index in [-0.39, 0.29) is 11.4 Å². The molecular formula is C12H14F3N3O. The van der Waals surface area contributed by atoms with Crippen LogP contribution in [-0.4, -0.2) is 22.5 Å². The Balaban J connectivity index is 3.20. The number of aryl methyl sites for hydroxylation is 1. The number of aromatic nitrogens is 2. The van der Waals surface area contributed by atoms with Crippen LogP contribution < -0.4 is 4.74 Å². The lowest BCUT2D eigenvalue weighted by molar-refractivity contribution is -0.190. The van der Waals surface area contributed by atoms with Crippen LogP contribution in [0.5, 0.6) is 5.88 Å². The summed E-state index contributed by atoms with van der Waals surface area (Å²) in [6, 6.07) is 1.85. The molecule has 1 atom stereocenters. The molecule has 0 saturated carbocycles. The van der Waals surface area contributed by atoms with Crippen LogP contribution in [0, 0.1) is 11.3 Å². The van der Waals surface area contributed by atoms with Gasteiger partial charge in [-0.15, -0.1) is 5.10 Å². The molecule has 0 aliphatic rings. The molecule has 1 aromatic heterocycles. The van der Waals surface area contributed by atoms with Crippen molar-refractivity contribution in [3.8, 4) is 11.9 Å². The number of ether oxygens (including phenoxy) is 1. The van der Waals surface area contributed by atoms with Crippen molar-refractivity contribution in [1.82, 2.24) is 10.2 Å². The molecule has 0 radical (unpaired) electrons. The van der Waals surface area contributed by atoms with Gasteiger partial charge in [0, 0.05) is 0 Å². The molecule has 1 unspecified atom stereocenters. The van der Waals surface area contributed by atoms with Gasteiger partial charge < -0.3 is 4.74 Å². The summed E-state index contributed by atoms with van der Waals surface area (Å²) in [6.45, 7) is 4.50. The molecule has 0 fully saturated rings. The van der Waals surface area contributed by atoms with Gasteiger partial charge in [0.2, 0.25) is 0 Å². The van der Waals surface area contributed by atoms with Gasteiger partial charge in [-0.1, -0.05) is 13.8 Å². The first kappa shape index (κ1) is 15.2. The summed E-state index contributed by atoms with van der Waals surface area (Å²) >= 11 is 0. The number of hydrogen-bond acceptors (Lipinski definition) is 4. The third-order valence-corrected chi connectivity index (χ3v) is 2.68. The molecule has 19 heavy (non-hydrogen) atoms. The minimum Gasteiger partial charge on any atom is -0.463 e. The van der Waals surface area contributed by atoms with E-state index < -0.39 is 12.3 Å². The van der Waals surface area contributed by atoms with Crippen LogP contribution in [0.15, 0.2) is 0 Å². The Kier molecular flexibility index (Phi) is 4.70. The third-order valence-electron chi connectivity index (χ3n) is 2.68. The zero-order chi connectivity index (χ0) is 14.6. The minimum atomic E-state index is -4.51. The predicted octanol–water partition coefficient (Wildman–Crippen LogP) is 2.80. The van der Waals surface area contributed by atoms with Crippen molar-refractivity contribution in [2.24, 2.45) is 0 Å². The summed E-state index contributed by atoms with van der Waals surface area (Å²) in [5.41, 5.74) is 1.22. The maximum absolute atomic E-state index is 12.4. The van der Waals surface area contributed by atoms with Crippen LogP contribution in [-0.2, 0) is 12.8 Å². The first-order chi connectivity index (χ1) is 8.85. The lowest BCUT2D eigenvalue weighted by Crippen LogP contribution is -2.32. The fourth-order valence-corrected chi connectivity index (χ4v) is 1.59. The van der Waals surface area contributed by atoms with Crippen LogP contribution in [0.3, 0.4) is 0 Å². The average molecular weight is 273 g/mol. The van der Waals surface area contributed by atoms with Crippen LogP contribution in [0.25, 0.3) is 0 Å². The summed E-state index contributed by atoms with van der Waals surface area (Å²) in [5.74, 6) is -0.360. The fraction of sp³-hybridized carbons (Fsp3) is 0.583. The molecule has 4 nitrogen and oxygen atoms in total. The van der Waals surface area contributed by atoms with E-state index in [0.29, 0.717) is 24.1 Å². The van der Waals surface area contributed by atoms with Crippen molar-refractivity contribution in [3.05, 3.63) is 16.8 Å². The number of halogens is 3. The second-order valence-electron chi connectivity index (χ2n) is 3.93. The molecule has 1 rings (SSSR count). The summed E-state index contributed by atoms with van der Waals surface area (Å²) in [7, 11) is 0. The number of nitriles is 1. The van der Waals surface area contributed by atoms with Crippen LogP contribution in [0.2, 0.25) is 0 Å². The normalized spacial score (nSPS) is 12.9. The molecule has 0 bridgehead atoms. The second-order valence-corrected chi connectivity index (χ2v) is 3.93.